The highest BCUT2D eigenvalue weighted by atomic mass is 15.1. The molecule has 1 aliphatic rings. The van der Waals surface area contributed by atoms with Crippen molar-refractivity contribution in [1.82, 2.24) is 0 Å². The first-order chi connectivity index (χ1) is 8.25. The minimum Gasteiger partial charge on any atom is -0.399 e. The summed E-state index contributed by atoms with van der Waals surface area (Å²) in [5, 5.41) is 0. The second-order valence-electron chi connectivity index (χ2n) is 5.31. The number of benzene rings is 1. The molecule has 0 bridgehead atoms. The molecule has 2 N–H and O–H groups in total. The summed E-state index contributed by atoms with van der Waals surface area (Å²) in [4.78, 5) is 2.34. The quantitative estimate of drug-likeness (QED) is 0.802. The molecule has 0 aliphatic heterocycles. The van der Waals surface area contributed by atoms with Gasteiger partial charge in [-0.2, -0.15) is 0 Å². The van der Waals surface area contributed by atoms with Gasteiger partial charge in [-0.3, -0.25) is 0 Å². The zero-order valence-corrected chi connectivity index (χ0v) is 10.9. The van der Waals surface area contributed by atoms with E-state index in [0.717, 1.165) is 18.2 Å². The van der Waals surface area contributed by atoms with Gasteiger partial charge in [0.15, 0.2) is 0 Å². The highest BCUT2D eigenvalue weighted by Gasteiger charge is 2.13. The third-order valence-corrected chi connectivity index (χ3v) is 3.93. The van der Waals surface area contributed by atoms with Crippen molar-refractivity contribution in [2.45, 2.75) is 38.5 Å². The van der Waals surface area contributed by atoms with E-state index < -0.39 is 0 Å². The number of nitrogen functional groups attached to an aromatic ring is 1. The van der Waals surface area contributed by atoms with E-state index in [2.05, 4.69) is 24.1 Å². The van der Waals surface area contributed by atoms with Crippen LogP contribution in [0.4, 0.5) is 11.4 Å². The molecular formula is C15H24N2. The second-order valence-corrected chi connectivity index (χ2v) is 5.31. The molecule has 2 heteroatoms. The van der Waals surface area contributed by atoms with Crippen LogP contribution in [0, 0.1) is 5.92 Å². The van der Waals surface area contributed by atoms with Crippen LogP contribution in [0.3, 0.4) is 0 Å². The third-order valence-electron chi connectivity index (χ3n) is 3.93. The molecule has 17 heavy (non-hydrogen) atoms. The van der Waals surface area contributed by atoms with E-state index in [-0.39, 0.29) is 0 Å². The van der Waals surface area contributed by atoms with Gasteiger partial charge in [-0.15, -0.1) is 0 Å². The largest absolute Gasteiger partial charge is 0.399 e. The predicted octanol–water partition coefficient (Wildman–Crippen LogP) is 3.68. The Morgan fingerprint density at radius 2 is 1.76 bits per heavy atom. The molecule has 2 rings (SSSR count). The van der Waals surface area contributed by atoms with Crippen LogP contribution in [-0.4, -0.2) is 13.6 Å². The highest BCUT2D eigenvalue weighted by Crippen LogP contribution is 2.27. The normalized spacial score (nSPS) is 17.0. The van der Waals surface area contributed by atoms with Crippen molar-refractivity contribution in [2.24, 2.45) is 5.92 Å². The average molecular weight is 232 g/mol. The maximum absolute atomic E-state index is 5.70. The van der Waals surface area contributed by atoms with Crippen molar-refractivity contribution in [1.29, 1.82) is 0 Å². The van der Waals surface area contributed by atoms with E-state index in [1.165, 1.54) is 44.2 Å². The Hall–Kier alpha value is -1.18. The smallest absolute Gasteiger partial charge is 0.0365 e. The van der Waals surface area contributed by atoms with Crippen LogP contribution in [0.1, 0.15) is 38.5 Å². The third kappa shape index (κ3) is 3.65. The van der Waals surface area contributed by atoms with Crippen LogP contribution in [-0.2, 0) is 0 Å². The molecule has 0 heterocycles. The summed E-state index contributed by atoms with van der Waals surface area (Å²) in [6.07, 6.45) is 8.54. The molecule has 1 fully saturated rings. The first-order valence-electron chi connectivity index (χ1n) is 6.82. The number of rotatable bonds is 4. The van der Waals surface area contributed by atoms with Crippen molar-refractivity contribution >= 4 is 11.4 Å². The Morgan fingerprint density at radius 1 is 1.12 bits per heavy atom. The van der Waals surface area contributed by atoms with Crippen molar-refractivity contribution in [2.75, 3.05) is 24.2 Å². The predicted molar refractivity (Wildman–Crippen MR) is 75.3 cm³/mol. The van der Waals surface area contributed by atoms with Crippen LogP contribution < -0.4 is 10.6 Å². The minimum absolute atomic E-state index is 0.842. The van der Waals surface area contributed by atoms with Gasteiger partial charge in [-0.25, -0.2) is 0 Å². The summed E-state index contributed by atoms with van der Waals surface area (Å²) in [6.45, 7) is 1.16. The van der Waals surface area contributed by atoms with Crippen LogP contribution >= 0.6 is 0 Å². The lowest BCUT2D eigenvalue weighted by atomic mass is 9.87. The summed E-state index contributed by atoms with van der Waals surface area (Å²) < 4.78 is 0. The van der Waals surface area contributed by atoms with Crippen molar-refractivity contribution in [3.63, 3.8) is 0 Å². The van der Waals surface area contributed by atoms with Crippen molar-refractivity contribution < 1.29 is 0 Å². The van der Waals surface area contributed by atoms with Crippen molar-refractivity contribution in [3.8, 4) is 0 Å². The molecule has 0 amide bonds. The van der Waals surface area contributed by atoms with E-state index in [4.69, 9.17) is 5.73 Å². The molecule has 2 nitrogen and oxygen atoms in total. The average Bonchev–Trinajstić information content (AvgIpc) is 2.38. The summed E-state index contributed by atoms with van der Waals surface area (Å²) in [7, 11) is 2.17. The van der Waals surface area contributed by atoms with Gasteiger partial charge >= 0.3 is 0 Å². The number of nitrogens with zero attached hydrogens (tertiary/aromatic N) is 1. The SMILES string of the molecule is CN(CCC1CCCCC1)c1ccc(N)cc1. The molecule has 0 spiro atoms. The maximum atomic E-state index is 5.70. The molecule has 1 aliphatic carbocycles. The zero-order chi connectivity index (χ0) is 12.1. The number of nitrogens with two attached hydrogens (primary N) is 1. The van der Waals surface area contributed by atoms with Gasteiger partial charge in [0.1, 0.15) is 0 Å². The summed E-state index contributed by atoms with van der Waals surface area (Å²) >= 11 is 0. The standard InChI is InChI=1S/C15H24N2/c1-17(15-9-7-14(16)8-10-15)12-11-13-5-3-2-4-6-13/h7-10,13H,2-6,11-12,16H2,1H3. The Kier molecular flexibility index (Phi) is 4.29. The van der Waals surface area contributed by atoms with Gasteiger partial charge < -0.3 is 10.6 Å². The fourth-order valence-electron chi connectivity index (χ4n) is 2.71. The molecule has 0 atom stereocenters. The maximum Gasteiger partial charge on any atom is 0.0365 e. The van der Waals surface area contributed by atoms with Crippen molar-refractivity contribution in [3.05, 3.63) is 24.3 Å². The van der Waals surface area contributed by atoms with Gasteiger partial charge in [-0.1, -0.05) is 32.1 Å². The first kappa shape index (κ1) is 12.3. The number of anilines is 2. The molecule has 94 valence electrons. The van der Waals surface area contributed by atoms with Crippen LogP contribution in [0.5, 0.6) is 0 Å². The summed E-state index contributed by atoms with van der Waals surface area (Å²) in [5.74, 6) is 0.958. The Labute approximate surface area is 105 Å². The second kappa shape index (κ2) is 5.95. The van der Waals surface area contributed by atoms with E-state index in [1.54, 1.807) is 0 Å². The topological polar surface area (TPSA) is 29.3 Å². The van der Waals surface area contributed by atoms with Gasteiger partial charge in [0.2, 0.25) is 0 Å². The molecule has 0 radical (unpaired) electrons. The highest BCUT2D eigenvalue weighted by molar-refractivity contribution is 5.52. The van der Waals surface area contributed by atoms with Crippen LogP contribution in [0.25, 0.3) is 0 Å². The minimum atomic E-state index is 0.842. The Bertz CT molecular complexity index is 325. The van der Waals surface area contributed by atoms with Crippen LogP contribution in [0.2, 0.25) is 0 Å². The Balaban J connectivity index is 1.80. The van der Waals surface area contributed by atoms with E-state index in [0.29, 0.717) is 0 Å². The van der Waals surface area contributed by atoms with E-state index in [9.17, 15) is 0 Å². The monoisotopic (exact) mass is 232 g/mol. The van der Waals surface area contributed by atoms with E-state index in [1.807, 2.05) is 12.1 Å². The summed E-state index contributed by atoms with van der Waals surface area (Å²) in [5.41, 5.74) is 7.81. The number of hydrogen-bond acceptors (Lipinski definition) is 2. The Morgan fingerprint density at radius 3 is 2.41 bits per heavy atom. The van der Waals surface area contributed by atoms with Gasteiger partial charge in [0.25, 0.3) is 0 Å². The molecule has 1 aromatic rings. The van der Waals surface area contributed by atoms with E-state index >= 15 is 0 Å². The lowest BCUT2D eigenvalue weighted by Crippen LogP contribution is -2.21. The molecule has 0 unspecified atom stereocenters. The zero-order valence-electron chi connectivity index (χ0n) is 10.9. The molecule has 0 saturated heterocycles. The summed E-state index contributed by atoms with van der Waals surface area (Å²) in [6, 6.07) is 8.17. The first-order valence-corrected chi connectivity index (χ1v) is 6.82. The van der Waals surface area contributed by atoms with Crippen LogP contribution in [0.15, 0.2) is 24.3 Å². The molecule has 0 aromatic heterocycles. The van der Waals surface area contributed by atoms with Gasteiger partial charge in [0, 0.05) is 25.0 Å². The van der Waals surface area contributed by atoms with Gasteiger partial charge in [-0.05, 0) is 36.6 Å². The molecule has 1 aromatic carbocycles. The lowest BCUT2D eigenvalue weighted by molar-refractivity contribution is 0.341. The molecule has 1 saturated carbocycles. The van der Waals surface area contributed by atoms with Gasteiger partial charge in [0.05, 0.1) is 0 Å². The fraction of sp³-hybridized carbons (Fsp3) is 0.600. The fourth-order valence-corrected chi connectivity index (χ4v) is 2.71. The molecular weight excluding hydrogens is 208 g/mol. The number of hydrogen-bond donors (Lipinski definition) is 1. The lowest BCUT2D eigenvalue weighted by Gasteiger charge is -2.25.